The van der Waals surface area contributed by atoms with Crippen LogP contribution in [0.2, 0.25) is 5.02 Å². The second-order valence-corrected chi connectivity index (χ2v) is 9.43. The fourth-order valence-electron chi connectivity index (χ4n) is 3.51. The van der Waals surface area contributed by atoms with Crippen LogP contribution in [0.15, 0.2) is 47.4 Å². The number of benzene rings is 2. The Hall–Kier alpha value is -1.84. The van der Waals surface area contributed by atoms with E-state index < -0.39 is 21.9 Å². The van der Waals surface area contributed by atoms with Crippen molar-refractivity contribution in [1.29, 1.82) is 0 Å². The molecule has 30 heavy (non-hydrogen) atoms. The van der Waals surface area contributed by atoms with Gasteiger partial charge in [-0.3, -0.25) is 9.69 Å². The van der Waals surface area contributed by atoms with Crippen molar-refractivity contribution in [2.45, 2.75) is 30.9 Å². The SMILES string of the molecule is CC(=O)c1ccc(S(=O)(=O)NCC(c2c(F)cccc2Cl)N2CCOC(C)C2)cc1. The predicted octanol–water partition coefficient (Wildman–Crippen LogP) is 3.42. The third kappa shape index (κ3) is 5.25. The highest BCUT2D eigenvalue weighted by molar-refractivity contribution is 7.89. The zero-order chi connectivity index (χ0) is 21.9. The number of morpholine rings is 1. The lowest BCUT2D eigenvalue weighted by Gasteiger charge is -2.38. The quantitative estimate of drug-likeness (QED) is 0.649. The van der Waals surface area contributed by atoms with Gasteiger partial charge in [0.15, 0.2) is 5.78 Å². The van der Waals surface area contributed by atoms with Gasteiger partial charge in [-0.1, -0.05) is 29.8 Å². The van der Waals surface area contributed by atoms with Gasteiger partial charge >= 0.3 is 0 Å². The molecule has 1 saturated heterocycles. The standard InChI is InChI=1S/C21H24ClFN2O4S/c1-14-13-25(10-11-29-14)20(21-18(22)4-3-5-19(21)23)12-24-30(27,28)17-8-6-16(7-9-17)15(2)26/h3-9,14,20,24H,10-13H2,1-2H3. The van der Waals surface area contributed by atoms with E-state index >= 15 is 0 Å². The lowest BCUT2D eigenvalue weighted by molar-refractivity contribution is -0.0342. The number of Topliss-reactive ketones (excluding diaryl/α,β-unsaturated/α-hetero) is 1. The van der Waals surface area contributed by atoms with E-state index in [1.165, 1.54) is 43.3 Å². The van der Waals surface area contributed by atoms with Crippen LogP contribution in [-0.2, 0) is 14.8 Å². The van der Waals surface area contributed by atoms with E-state index in [9.17, 15) is 17.6 Å². The van der Waals surface area contributed by atoms with Crippen LogP contribution in [0.1, 0.15) is 35.8 Å². The molecule has 0 spiro atoms. The van der Waals surface area contributed by atoms with Gasteiger partial charge in [0.2, 0.25) is 10.0 Å². The molecule has 162 valence electrons. The Morgan fingerprint density at radius 1 is 1.30 bits per heavy atom. The van der Waals surface area contributed by atoms with Crippen LogP contribution in [0.3, 0.4) is 0 Å². The summed E-state index contributed by atoms with van der Waals surface area (Å²) < 4.78 is 48.4. The first-order valence-electron chi connectivity index (χ1n) is 9.59. The highest BCUT2D eigenvalue weighted by Gasteiger charge is 2.30. The van der Waals surface area contributed by atoms with Crippen molar-refractivity contribution in [2.75, 3.05) is 26.2 Å². The summed E-state index contributed by atoms with van der Waals surface area (Å²) in [6, 6.07) is 9.50. The number of carbonyl (C=O) groups is 1. The first-order valence-corrected chi connectivity index (χ1v) is 11.5. The fourth-order valence-corrected chi connectivity index (χ4v) is 4.84. The summed E-state index contributed by atoms with van der Waals surface area (Å²) in [5.41, 5.74) is 0.676. The monoisotopic (exact) mass is 454 g/mol. The van der Waals surface area contributed by atoms with Crippen molar-refractivity contribution in [3.63, 3.8) is 0 Å². The van der Waals surface area contributed by atoms with E-state index in [2.05, 4.69) is 4.72 Å². The zero-order valence-electron chi connectivity index (χ0n) is 16.8. The number of rotatable bonds is 7. The molecular weight excluding hydrogens is 431 g/mol. The molecule has 1 aliphatic rings. The zero-order valence-corrected chi connectivity index (χ0v) is 18.3. The predicted molar refractivity (Wildman–Crippen MR) is 113 cm³/mol. The summed E-state index contributed by atoms with van der Waals surface area (Å²) in [7, 11) is -3.87. The number of hydrogen-bond acceptors (Lipinski definition) is 5. The molecule has 1 fully saturated rings. The number of ketones is 1. The van der Waals surface area contributed by atoms with Crippen molar-refractivity contribution >= 4 is 27.4 Å². The molecule has 0 saturated carbocycles. The largest absolute Gasteiger partial charge is 0.376 e. The third-order valence-corrected chi connectivity index (χ3v) is 6.85. The molecule has 0 aliphatic carbocycles. The Morgan fingerprint density at radius 2 is 2.00 bits per heavy atom. The van der Waals surface area contributed by atoms with Crippen LogP contribution in [0, 0.1) is 5.82 Å². The summed E-state index contributed by atoms with van der Waals surface area (Å²) in [6.45, 7) is 4.76. The van der Waals surface area contributed by atoms with Gasteiger partial charge in [-0.15, -0.1) is 0 Å². The van der Waals surface area contributed by atoms with Crippen molar-refractivity contribution in [2.24, 2.45) is 0 Å². The molecule has 0 bridgehead atoms. The Kier molecular flexibility index (Phi) is 7.26. The van der Waals surface area contributed by atoms with E-state index in [0.717, 1.165) is 0 Å². The number of nitrogens with zero attached hydrogens (tertiary/aromatic N) is 1. The molecule has 2 aromatic carbocycles. The van der Waals surface area contributed by atoms with Gasteiger partial charge in [0, 0.05) is 35.8 Å². The molecule has 1 N–H and O–H groups in total. The van der Waals surface area contributed by atoms with Crippen LogP contribution in [0.4, 0.5) is 4.39 Å². The lowest BCUT2D eigenvalue weighted by Crippen LogP contribution is -2.46. The maximum atomic E-state index is 14.7. The van der Waals surface area contributed by atoms with Crippen molar-refractivity contribution < 1.29 is 22.3 Å². The fraction of sp³-hybridized carbons (Fsp3) is 0.381. The molecule has 2 atom stereocenters. The number of ether oxygens (including phenoxy) is 1. The minimum atomic E-state index is -3.87. The van der Waals surface area contributed by atoms with Gasteiger partial charge in [0.05, 0.1) is 23.6 Å². The van der Waals surface area contributed by atoms with Gasteiger partial charge in [-0.2, -0.15) is 0 Å². The highest BCUT2D eigenvalue weighted by Crippen LogP contribution is 2.31. The first-order chi connectivity index (χ1) is 14.2. The van der Waals surface area contributed by atoms with E-state index in [0.29, 0.717) is 25.3 Å². The van der Waals surface area contributed by atoms with E-state index in [-0.39, 0.29) is 33.9 Å². The van der Waals surface area contributed by atoms with Gasteiger partial charge in [-0.05, 0) is 38.1 Å². The molecule has 2 unspecified atom stereocenters. The number of hydrogen-bond donors (Lipinski definition) is 1. The van der Waals surface area contributed by atoms with Crippen molar-refractivity contribution in [3.8, 4) is 0 Å². The molecule has 0 amide bonds. The normalized spacial score (nSPS) is 18.9. The van der Waals surface area contributed by atoms with Crippen LogP contribution >= 0.6 is 11.6 Å². The van der Waals surface area contributed by atoms with Crippen LogP contribution < -0.4 is 4.72 Å². The number of sulfonamides is 1. The summed E-state index contributed by atoms with van der Waals surface area (Å²) in [4.78, 5) is 13.4. The summed E-state index contributed by atoms with van der Waals surface area (Å²) >= 11 is 6.29. The van der Waals surface area contributed by atoms with E-state index in [1.54, 1.807) is 6.07 Å². The molecule has 6 nitrogen and oxygen atoms in total. The molecule has 3 rings (SSSR count). The molecular formula is C21H24ClFN2O4S. The summed E-state index contributed by atoms with van der Waals surface area (Å²) in [5, 5.41) is 0.240. The van der Waals surface area contributed by atoms with Gasteiger partial charge in [-0.25, -0.2) is 17.5 Å². The molecule has 0 aromatic heterocycles. The first kappa shape index (κ1) is 22.8. The van der Waals surface area contributed by atoms with Crippen LogP contribution in [0.25, 0.3) is 0 Å². The third-order valence-electron chi connectivity index (χ3n) is 5.08. The second kappa shape index (κ2) is 9.53. The average Bonchev–Trinajstić information content (AvgIpc) is 2.70. The number of nitrogens with one attached hydrogen (secondary N) is 1. The Balaban J connectivity index is 1.86. The molecule has 9 heteroatoms. The smallest absolute Gasteiger partial charge is 0.240 e. The topological polar surface area (TPSA) is 75.7 Å². The molecule has 2 aromatic rings. The second-order valence-electron chi connectivity index (χ2n) is 7.26. The van der Waals surface area contributed by atoms with Crippen LogP contribution in [0.5, 0.6) is 0 Å². The number of halogens is 2. The Bertz CT molecular complexity index is 994. The maximum absolute atomic E-state index is 14.7. The average molecular weight is 455 g/mol. The van der Waals surface area contributed by atoms with Gasteiger partial charge in [0.1, 0.15) is 5.82 Å². The molecule has 0 radical (unpaired) electrons. The number of carbonyl (C=O) groups excluding carboxylic acids is 1. The molecule has 1 aliphatic heterocycles. The van der Waals surface area contributed by atoms with Crippen molar-refractivity contribution in [1.82, 2.24) is 9.62 Å². The molecule has 1 heterocycles. The van der Waals surface area contributed by atoms with Crippen molar-refractivity contribution in [3.05, 3.63) is 64.4 Å². The Morgan fingerprint density at radius 3 is 2.60 bits per heavy atom. The maximum Gasteiger partial charge on any atom is 0.240 e. The summed E-state index contributed by atoms with van der Waals surface area (Å²) in [5.74, 6) is -0.640. The van der Waals surface area contributed by atoms with E-state index in [4.69, 9.17) is 16.3 Å². The highest BCUT2D eigenvalue weighted by atomic mass is 35.5. The lowest BCUT2D eigenvalue weighted by atomic mass is 10.0. The van der Waals surface area contributed by atoms with Crippen LogP contribution in [-0.4, -0.2) is 51.4 Å². The Labute approximate surface area is 181 Å². The summed E-state index contributed by atoms with van der Waals surface area (Å²) in [6.07, 6.45) is -0.0671. The minimum Gasteiger partial charge on any atom is -0.376 e. The van der Waals surface area contributed by atoms with Gasteiger partial charge in [0.25, 0.3) is 0 Å². The minimum absolute atomic E-state index is 0.0289. The van der Waals surface area contributed by atoms with Gasteiger partial charge < -0.3 is 4.74 Å². The van der Waals surface area contributed by atoms with E-state index in [1.807, 2.05) is 11.8 Å².